The maximum atomic E-state index is 4.68. The number of aryl methyl sites for hydroxylation is 1. The van der Waals surface area contributed by atoms with E-state index in [1.54, 1.807) is 0 Å². The van der Waals surface area contributed by atoms with Gasteiger partial charge in [0, 0.05) is 37.1 Å². The number of fused-ring (bicyclic) bond motifs is 1. The molecule has 4 nitrogen and oxygen atoms in total. The Morgan fingerprint density at radius 2 is 2.06 bits per heavy atom. The lowest BCUT2D eigenvalue weighted by Gasteiger charge is -2.18. The lowest BCUT2D eigenvalue weighted by Crippen LogP contribution is -2.23. The van der Waals surface area contributed by atoms with Crippen molar-refractivity contribution >= 4 is 5.95 Å². The lowest BCUT2D eigenvalue weighted by atomic mass is 10.0. The number of anilines is 1. The van der Waals surface area contributed by atoms with Crippen LogP contribution in [0.25, 0.3) is 0 Å². The van der Waals surface area contributed by atoms with Gasteiger partial charge in [0.25, 0.3) is 0 Å². The topological polar surface area (TPSA) is 41.1 Å². The molecule has 0 amide bonds. The van der Waals surface area contributed by atoms with Gasteiger partial charge in [0.15, 0.2) is 0 Å². The Morgan fingerprint density at radius 1 is 1.33 bits per heavy atom. The summed E-state index contributed by atoms with van der Waals surface area (Å²) in [5.74, 6) is 2.72. The molecule has 18 heavy (non-hydrogen) atoms. The first-order valence-corrected chi connectivity index (χ1v) is 7.00. The Kier molecular flexibility index (Phi) is 3.20. The SMILES string of the molecule is CNCc1cnc(N2CC3CCCC3C2)nc1C. The van der Waals surface area contributed by atoms with Gasteiger partial charge in [0.1, 0.15) is 0 Å². The van der Waals surface area contributed by atoms with Crippen molar-refractivity contribution in [1.29, 1.82) is 0 Å². The average Bonchev–Trinajstić information content (AvgIpc) is 2.92. The highest BCUT2D eigenvalue weighted by molar-refractivity contribution is 5.35. The summed E-state index contributed by atoms with van der Waals surface area (Å²) in [6.45, 7) is 5.25. The van der Waals surface area contributed by atoms with Gasteiger partial charge in [-0.05, 0) is 38.6 Å². The van der Waals surface area contributed by atoms with E-state index in [4.69, 9.17) is 0 Å². The summed E-state index contributed by atoms with van der Waals surface area (Å²) in [7, 11) is 1.95. The third-order valence-electron chi connectivity index (χ3n) is 4.44. The zero-order valence-corrected chi connectivity index (χ0v) is 11.3. The van der Waals surface area contributed by atoms with Gasteiger partial charge >= 0.3 is 0 Å². The number of hydrogen-bond acceptors (Lipinski definition) is 4. The molecule has 0 spiro atoms. The van der Waals surface area contributed by atoms with E-state index in [0.717, 1.165) is 43.1 Å². The van der Waals surface area contributed by atoms with Gasteiger partial charge in [0.05, 0.1) is 0 Å². The third kappa shape index (κ3) is 2.09. The molecule has 1 aliphatic heterocycles. The molecule has 2 heterocycles. The van der Waals surface area contributed by atoms with Crippen molar-refractivity contribution in [2.75, 3.05) is 25.0 Å². The zero-order chi connectivity index (χ0) is 12.5. The fourth-order valence-corrected chi connectivity index (χ4v) is 3.39. The number of aromatic nitrogens is 2. The summed E-state index contributed by atoms with van der Waals surface area (Å²) < 4.78 is 0. The molecule has 2 atom stereocenters. The van der Waals surface area contributed by atoms with Crippen molar-refractivity contribution in [2.24, 2.45) is 11.8 Å². The fraction of sp³-hybridized carbons (Fsp3) is 0.714. The van der Waals surface area contributed by atoms with Crippen LogP contribution in [0.5, 0.6) is 0 Å². The van der Waals surface area contributed by atoms with Gasteiger partial charge in [-0.3, -0.25) is 0 Å². The average molecular weight is 246 g/mol. The quantitative estimate of drug-likeness (QED) is 0.882. The van der Waals surface area contributed by atoms with Crippen LogP contribution in [0.1, 0.15) is 30.5 Å². The van der Waals surface area contributed by atoms with E-state index in [-0.39, 0.29) is 0 Å². The van der Waals surface area contributed by atoms with Crippen LogP contribution in [0.3, 0.4) is 0 Å². The summed E-state index contributed by atoms with van der Waals surface area (Å²) >= 11 is 0. The van der Waals surface area contributed by atoms with Gasteiger partial charge in [-0.1, -0.05) is 6.42 Å². The summed E-state index contributed by atoms with van der Waals surface area (Å²) in [5.41, 5.74) is 2.30. The van der Waals surface area contributed by atoms with Crippen LogP contribution >= 0.6 is 0 Å². The molecule has 2 fully saturated rings. The lowest BCUT2D eigenvalue weighted by molar-refractivity contribution is 0.494. The third-order valence-corrected chi connectivity index (χ3v) is 4.44. The van der Waals surface area contributed by atoms with Gasteiger partial charge < -0.3 is 10.2 Å². The summed E-state index contributed by atoms with van der Waals surface area (Å²) in [6, 6.07) is 0. The Labute approximate surface area is 109 Å². The number of nitrogens with zero attached hydrogens (tertiary/aromatic N) is 3. The van der Waals surface area contributed by atoms with E-state index in [1.165, 1.54) is 24.8 Å². The molecule has 1 N–H and O–H groups in total. The van der Waals surface area contributed by atoms with E-state index in [0.29, 0.717) is 0 Å². The standard InChI is InChI=1S/C14H22N4/c1-10-13(6-15-2)7-16-14(17-10)18-8-11-4-3-5-12(11)9-18/h7,11-12,15H,3-6,8-9H2,1-2H3. The molecule has 2 unspecified atom stereocenters. The van der Waals surface area contributed by atoms with Crippen LogP contribution in [0, 0.1) is 18.8 Å². The second-order valence-electron chi connectivity index (χ2n) is 5.67. The minimum absolute atomic E-state index is 0.845. The smallest absolute Gasteiger partial charge is 0.225 e. The van der Waals surface area contributed by atoms with Crippen molar-refractivity contribution < 1.29 is 0 Å². The monoisotopic (exact) mass is 246 g/mol. The highest BCUT2D eigenvalue weighted by atomic mass is 15.3. The van der Waals surface area contributed by atoms with Crippen LogP contribution in [-0.2, 0) is 6.54 Å². The second kappa shape index (κ2) is 4.84. The number of nitrogens with one attached hydrogen (secondary N) is 1. The van der Waals surface area contributed by atoms with Crippen molar-refractivity contribution in [3.8, 4) is 0 Å². The molecule has 98 valence electrons. The Hall–Kier alpha value is -1.16. The summed E-state index contributed by atoms with van der Waals surface area (Å²) in [5, 5.41) is 3.15. The molecular weight excluding hydrogens is 224 g/mol. The van der Waals surface area contributed by atoms with Crippen molar-refractivity contribution in [3.63, 3.8) is 0 Å². The minimum Gasteiger partial charge on any atom is -0.340 e. The number of hydrogen-bond donors (Lipinski definition) is 1. The molecule has 1 aliphatic carbocycles. The fourth-order valence-electron chi connectivity index (χ4n) is 3.39. The highest BCUT2D eigenvalue weighted by Gasteiger charge is 2.36. The number of rotatable bonds is 3. The van der Waals surface area contributed by atoms with Crippen LogP contribution in [0.2, 0.25) is 0 Å². The maximum absolute atomic E-state index is 4.68. The largest absolute Gasteiger partial charge is 0.340 e. The minimum atomic E-state index is 0.845. The van der Waals surface area contributed by atoms with Crippen LogP contribution in [0.15, 0.2) is 6.20 Å². The Balaban J connectivity index is 1.75. The first-order chi connectivity index (χ1) is 8.78. The van der Waals surface area contributed by atoms with Crippen molar-refractivity contribution in [3.05, 3.63) is 17.5 Å². The zero-order valence-electron chi connectivity index (χ0n) is 11.3. The molecule has 1 aromatic rings. The molecule has 3 rings (SSSR count). The first kappa shape index (κ1) is 11.9. The maximum Gasteiger partial charge on any atom is 0.225 e. The first-order valence-electron chi connectivity index (χ1n) is 7.00. The molecule has 1 saturated carbocycles. The van der Waals surface area contributed by atoms with Gasteiger partial charge in [-0.2, -0.15) is 0 Å². The molecule has 2 aliphatic rings. The second-order valence-corrected chi connectivity index (χ2v) is 5.67. The molecule has 0 radical (unpaired) electrons. The Bertz CT molecular complexity index is 420. The van der Waals surface area contributed by atoms with Crippen molar-refractivity contribution in [1.82, 2.24) is 15.3 Å². The van der Waals surface area contributed by atoms with Crippen LogP contribution < -0.4 is 10.2 Å². The summed E-state index contributed by atoms with van der Waals surface area (Å²) in [4.78, 5) is 11.6. The Morgan fingerprint density at radius 3 is 2.67 bits per heavy atom. The molecule has 1 saturated heterocycles. The van der Waals surface area contributed by atoms with Crippen LogP contribution in [0.4, 0.5) is 5.95 Å². The molecule has 1 aromatic heterocycles. The van der Waals surface area contributed by atoms with Gasteiger partial charge in [0.2, 0.25) is 5.95 Å². The van der Waals surface area contributed by atoms with E-state index < -0.39 is 0 Å². The highest BCUT2D eigenvalue weighted by Crippen LogP contribution is 2.38. The molecule has 0 bridgehead atoms. The van der Waals surface area contributed by atoms with Gasteiger partial charge in [-0.15, -0.1) is 0 Å². The van der Waals surface area contributed by atoms with Crippen LogP contribution in [-0.4, -0.2) is 30.1 Å². The van der Waals surface area contributed by atoms with E-state index in [1.807, 2.05) is 13.2 Å². The van der Waals surface area contributed by atoms with E-state index in [9.17, 15) is 0 Å². The van der Waals surface area contributed by atoms with E-state index >= 15 is 0 Å². The normalized spacial score (nSPS) is 26.7. The van der Waals surface area contributed by atoms with E-state index in [2.05, 4.69) is 27.1 Å². The predicted molar refractivity (Wildman–Crippen MR) is 72.6 cm³/mol. The van der Waals surface area contributed by atoms with Crippen molar-refractivity contribution in [2.45, 2.75) is 32.7 Å². The summed E-state index contributed by atoms with van der Waals surface area (Å²) in [6.07, 6.45) is 6.20. The molecule has 4 heteroatoms. The molecule has 0 aromatic carbocycles. The predicted octanol–water partition coefficient (Wildman–Crippen LogP) is 1.74. The molecular formula is C14H22N4. The van der Waals surface area contributed by atoms with Gasteiger partial charge in [-0.25, -0.2) is 9.97 Å².